The molecule has 5 nitrogen and oxygen atoms in total. The standard InChI is InChI=1S/C10H13N3O2/c1-3-5-11-9(14)8-13-7-6-12(4-2)10(13)15/h1,6-7H,4-5,8H2,2H3,(H,11,14). The van der Waals surface area contributed by atoms with E-state index in [9.17, 15) is 9.59 Å². The number of nitrogens with one attached hydrogen (secondary N) is 1. The van der Waals surface area contributed by atoms with Gasteiger partial charge < -0.3 is 5.32 Å². The van der Waals surface area contributed by atoms with Crippen molar-refractivity contribution in [3.05, 3.63) is 22.9 Å². The maximum Gasteiger partial charge on any atom is 0.328 e. The van der Waals surface area contributed by atoms with E-state index in [-0.39, 0.29) is 24.7 Å². The first-order chi connectivity index (χ1) is 7.19. The van der Waals surface area contributed by atoms with Crippen molar-refractivity contribution < 1.29 is 4.79 Å². The summed E-state index contributed by atoms with van der Waals surface area (Å²) in [6.07, 6.45) is 8.22. The Hall–Kier alpha value is -1.96. The lowest BCUT2D eigenvalue weighted by Gasteiger charge is -2.01. The minimum absolute atomic E-state index is 0.00745. The Morgan fingerprint density at radius 3 is 2.73 bits per heavy atom. The van der Waals surface area contributed by atoms with Crippen molar-refractivity contribution >= 4 is 5.91 Å². The van der Waals surface area contributed by atoms with Crippen LogP contribution in [0.3, 0.4) is 0 Å². The molecule has 0 aliphatic rings. The first-order valence-electron chi connectivity index (χ1n) is 4.64. The van der Waals surface area contributed by atoms with Gasteiger partial charge in [0, 0.05) is 18.9 Å². The van der Waals surface area contributed by atoms with E-state index in [1.807, 2.05) is 6.92 Å². The average Bonchev–Trinajstić information content (AvgIpc) is 2.57. The van der Waals surface area contributed by atoms with Gasteiger partial charge in [0.05, 0.1) is 6.54 Å². The predicted molar refractivity (Wildman–Crippen MR) is 56.2 cm³/mol. The molecule has 0 aliphatic heterocycles. The second kappa shape index (κ2) is 5.05. The zero-order valence-corrected chi connectivity index (χ0v) is 8.56. The Labute approximate surface area is 87.7 Å². The summed E-state index contributed by atoms with van der Waals surface area (Å²) >= 11 is 0. The molecular formula is C10H13N3O2. The van der Waals surface area contributed by atoms with Gasteiger partial charge in [0.2, 0.25) is 5.91 Å². The normalized spacial score (nSPS) is 9.60. The van der Waals surface area contributed by atoms with Gasteiger partial charge in [-0.1, -0.05) is 5.92 Å². The molecule has 1 rings (SSSR count). The van der Waals surface area contributed by atoms with Crippen LogP contribution < -0.4 is 11.0 Å². The molecular weight excluding hydrogens is 194 g/mol. The largest absolute Gasteiger partial charge is 0.344 e. The minimum atomic E-state index is -0.260. The first-order valence-corrected chi connectivity index (χ1v) is 4.64. The first kappa shape index (κ1) is 11.1. The molecule has 1 heterocycles. The minimum Gasteiger partial charge on any atom is -0.344 e. The van der Waals surface area contributed by atoms with E-state index in [2.05, 4.69) is 11.2 Å². The molecule has 0 saturated heterocycles. The molecule has 1 amide bonds. The fraction of sp³-hybridized carbons (Fsp3) is 0.400. The number of aromatic nitrogens is 2. The summed E-state index contributed by atoms with van der Waals surface area (Å²) in [7, 11) is 0. The number of hydrogen-bond acceptors (Lipinski definition) is 2. The molecule has 1 aromatic heterocycles. The third-order valence-corrected chi connectivity index (χ3v) is 1.96. The lowest BCUT2D eigenvalue weighted by Crippen LogP contribution is -2.32. The molecule has 0 saturated carbocycles. The topological polar surface area (TPSA) is 56.0 Å². The van der Waals surface area contributed by atoms with E-state index in [1.165, 1.54) is 9.13 Å². The highest BCUT2D eigenvalue weighted by Gasteiger charge is 2.05. The highest BCUT2D eigenvalue weighted by molar-refractivity contribution is 5.75. The van der Waals surface area contributed by atoms with Crippen molar-refractivity contribution in [2.75, 3.05) is 6.54 Å². The van der Waals surface area contributed by atoms with Gasteiger partial charge in [-0.3, -0.25) is 13.9 Å². The van der Waals surface area contributed by atoms with Crippen LogP contribution in [-0.4, -0.2) is 21.6 Å². The number of imidazole rings is 1. The van der Waals surface area contributed by atoms with Gasteiger partial charge >= 0.3 is 5.69 Å². The number of amides is 1. The van der Waals surface area contributed by atoms with Crippen molar-refractivity contribution in [1.82, 2.24) is 14.5 Å². The summed E-state index contributed by atoms with van der Waals surface area (Å²) in [6.45, 7) is 2.65. The summed E-state index contributed by atoms with van der Waals surface area (Å²) in [5.41, 5.74) is -0.187. The molecule has 1 aromatic rings. The molecule has 0 atom stereocenters. The molecule has 0 fully saturated rings. The zero-order valence-electron chi connectivity index (χ0n) is 8.56. The summed E-state index contributed by atoms with van der Waals surface area (Å²) in [4.78, 5) is 22.8. The van der Waals surface area contributed by atoms with Gasteiger partial charge in [-0.15, -0.1) is 6.42 Å². The maximum absolute atomic E-state index is 11.5. The fourth-order valence-electron chi connectivity index (χ4n) is 1.17. The number of carbonyl (C=O) groups excluding carboxylic acids is 1. The van der Waals surface area contributed by atoms with Crippen LogP contribution in [0.4, 0.5) is 0 Å². The van der Waals surface area contributed by atoms with Gasteiger partial charge in [0.25, 0.3) is 0 Å². The number of nitrogens with zero attached hydrogens (tertiary/aromatic N) is 2. The lowest BCUT2D eigenvalue weighted by molar-refractivity contribution is -0.121. The third-order valence-electron chi connectivity index (χ3n) is 1.96. The summed E-state index contributed by atoms with van der Waals surface area (Å²) in [6, 6.07) is 0. The number of hydrogen-bond donors (Lipinski definition) is 1. The van der Waals surface area contributed by atoms with Crippen LogP contribution in [0.15, 0.2) is 17.2 Å². The molecule has 0 bridgehead atoms. The smallest absolute Gasteiger partial charge is 0.328 e. The van der Waals surface area contributed by atoms with Crippen LogP contribution in [0.1, 0.15) is 6.92 Å². The van der Waals surface area contributed by atoms with Gasteiger partial charge in [-0.25, -0.2) is 4.79 Å². The van der Waals surface area contributed by atoms with Crippen molar-refractivity contribution in [2.45, 2.75) is 20.0 Å². The highest BCUT2D eigenvalue weighted by Crippen LogP contribution is 1.85. The van der Waals surface area contributed by atoms with E-state index in [4.69, 9.17) is 6.42 Å². The van der Waals surface area contributed by atoms with Gasteiger partial charge in [-0.05, 0) is 6.92 Å². The van der Waals surface area contributed by atoms with Crippen LogP contribution in [0.5, 0.6) is 0 Å². The second-order valence-electron chi connectivity index (χ2n) is 2.98. The summed E-state index contributed by atoms with van der Waals surface area (Å²) < 4.78 is 2.86. The van der Waals surface area contributed by atoms with Gasteiger partial charge in [0.1, 0.15) is 6.54 Å². The molecule has 0 aromatic carbocycles. The Bertz CT molecular complexity index is 436. The predicted octanol–water partition coefficient (Wildman–Crippen LogP) is -0.581. The van der Waals surface area contributed by atoms with Crippen molar-refractivity contribution in [3.8, 4) is 12.3 Å². The van der Waals surface area contributed by atoms with E-state index >= 15 is 0 Å². The second-order valence-corrected chi connectivity index (χ2v) is 2.98. The average molecular weight is 207 g/mol. The van der Waals surface area contributed by atoms with Crippen LogP contribution >= 0.6 is 0 Å². The van der Waals surface area contributed by atoms with E-state index in [0.717, 1.165) is 0 Å². The highest BCUT2D eigenvalue weighted by atomic mass is 16.2. The molecule has 5 heteroatoms. The SMILES string of the molecule is C#CCNC(=O)Cn1ccn(CC)c1=O. The molecule has 0 unspecified atom stereocenters. The molecule has 0 radical (unpaired) electrons. The van der Waals surface area contributed by atoms with Crippen molar-refractivity contribution in [3.63, 3.8) is 0 Å². The van der Waals surface area contributed by atoms with Gasteiger partial charge in [0.15, 0.2) is 0 Å². The molecule has 80 valence electrons. The molecule has 0 aliphatic carbocycles. The fourth-order valence-corrected chi connectivity index (χ4v) is 1.17. The number of rotatable bonds is 4. The Balaban J connectivity index is 2.66. The molecule has 15 heavy (non-hydrogen) atoms. The summed E-state index contributed by atoms with van der Waals surface area (Å²) in [5.74, 6) is 2.03. The zero-order chi connectivity index (χ0) is 11.3. The number of terminal acetylenes is 1. The molecule has 1 N–H and O–H groups in total. The maximum atomic E-state index is 11.5. The lowest BCUT2D eigenvalue weighted by atomic mass is 10.5. The monoisotopic (exact) mass is 207 g/mol. The van der Waals surface area contributed by atoms with E-state index in [1.54, 1.807) is 12.4 Å². The Morgan fingerprint density at radius 2 is 2.20 bits per heavy atom. The number of aryl methyl sites for hydroxylation is 1. The van der Waals surface area contributed by atoms with E-state index < -0.39 is 0 Å². The van der Waals surface area contributed by atoms with Crippen molar-refractivity contribution in [2.24, 2.45) is 0 Å². The van der Waals surface area contributed by atoms with Crippen LogP contribution in [-0.2, 0) is 17.9 Å². The van der Waals surface area contributed by atoms with Crippen molar-refractivity contribution in [1.29, 1.82) is 0 Å². The molecule has 0 spiro atoms. The van der Waals surface area contributed by atoms with E-state index in [0.29, 0.717) is 6.54 Å². The quantitative estimate of drug-likeness (QED) is 0.671. The summed E-state index contributed by atoms with van der Waals surface area (Å²) in [5, 5.41) is 2.49. The Morgan fingerprint density at radius 1 is 1.53 bits per heavy atom. The Kier molecular flexibility index (Phi) is 3.75. The van der Waals surface area contributed by atoms with Crippen LogP contribution in [0.2, 0.25) is 0 Å². The van der Waals surface area contributed by atoms with Crippen LogP contribution in [0, 0.1) is 12.3 Å². The van der Waals surface area contributed by atoms with Gasteiger partial charge in [-0.2, -0.15) is 0 Å². The van der Waals surface area contributed by atoms with Crippen LogP contribution in [0.25, 0.3) is 0 Å². The number of carbonyl (C=O) groups is 1. The third kappa shape index (κ3) is 2.74.